The number of hydrogen-bond donors (Lipinski definition) is 1. The third-order valence-electron chi connectivity index (χ3n) is 4.44. The molecule has 19 heavy (non-hydrogen) atoms. The Kier molecular flexibility index (Phi) is 4.94. The van der Waals surface area contributed by atoms with E-state index in [4.69, 9.17) is 5.73 Å². The van der Waals surface area contributed by atoms with Gasteiger partial charge in [0.2, 0.25) is 0 Å². The Labute approximate surface area is 115 Å². The Morgan fingerprint density at radius 1 is 1.37 bits per heavy atom. The first kappa shape index (κ1) is 14.5. The number of likely N-dealkylation sites (tertiary alicyclic amines) is 1. The second-order valence-electron chi connectivity index (χ2n) is 5.64. The second-order valence-corrected chi connectivity index (χ2v) is 5.64. The lowest BCUT2D eigenvalue weighted by Crippen LogP contribution is -2.49. The quantitative estimate of drug-likeness (QED) is 0.903. The van der Waals surface area contributed by atoms with Crippen molar-refractivity contribution < 1.29 is 4.39 Å². The van der Waals surface area contributed by atoms with Crippen LogP contribution in [0.1, 0.15) is 44.7 Å². The number of nitrogens with two attached hydrogens (primary N) is 1. The largest absolute Gasteiger partial charge is 0.329 e. The molecule has 106 valence electrons. The van der Waals surface area contributed by atoms with Crippen molar-refractivity contribution in [2.45, 2.75) is 45.2 Å². The SMILES string of the molecule is CCC(c1ccc(F)cc1)N1CCCC(C)C1CN. The van der Waals surface area contributed by atoms with E-state index in [0.29, 0.717) is 24.5 Å². The molecular formula is C16H25FN2. The van der Waals surface area contributed by atoms with Crippen molar-refractivity contribution in [3.8, 4) is 0 Å². The van der Waals surface area contributed by atoms with E-state index in [2.05, 4.69) is 18.7 Å². The molecular weight excluding hydrogens is 239 g/mol. The van der Waals surface area contributed by atoms with E-state index in [9.17, 15) is 4.39 Å². The molecule has 1 aliphatic rings. The van der Waals surface area contributed by atoms with Crippen LogP contribution in [0.5, 0.6) is 0 Å². The molecule has 3 heteroatoms. The van der Waals surface area contributed by atoms with Crippen molar-refractivity contribution in [2.24, 2.45) is 11.7 Å². The van der Waals surface area contributed by atoms with Gasteiger partial charge in [-0.25, -0.2) is 4.39 Å². The highest BCUT2D eigenvalue weighted by Gasteiger charge is 2.32. The molecule has 2 rings (SSSR count). The summed E-state index contributed by atoms with van der Waals surface area (Å²) in [5.74, 6) is 0.481. The first-order chi connectivity index (χ1) is 9.17. The van der Waals surface area contributed by atoms with Gasteiger partial charge in [-0.05, 0) is 49.4 Å². The molecule has 0 aromatic heterocycles. The van der Waals surface area contributed by atoms with Crippen LogP contribution >= 0.6 is 0 Å². The minimum atomic E-state index is -0.166. The molecule has 0 bridgehead atoms. The van der Waals surface area contributed by atoms with Gasteiger partial charge in [-0.15, -0.1) is 0 Å². The molecule has 2 nitrogen and oxygen atoms in total. The van der Waals surface area contributed by atoms with Gasteiger partial charge in [0.05, 0.1) is 0 Å². The van der Waals surface area contributed by atoms with Gasteiger partial charge in [-0.3, -0.25) is 4.90 Å². The molecule has 1 saturated heterocycles. The van der Waals surface area contributed by atoms with Gasteiger partial charge >= 0.3 is 0 Å². The van der Waals surface area contributed by atoms with Gasteiger partial charge in [0.1, 0.15) is 5.82 Å². The fourth-order valence-corrected chi connectivity index (χ4v) is 3.38. The molecule has 3 unspecified atom stereocenters. The van der Waals surface area contributed by atoms with Gasteiger partial charge in [-0.2, -0.15) is 0 Å². The third-order valence-corrected chi connectivity index (χ3v) is 4.44. The van der Waals surface area contributed by atoms with Crippen LogP contribution < -0.4 is 5.73 Å². The maximum absolute atomic E-state index is 13.1. The number of piperidine rings is 1. The predicted octanol–water partition coefficient (Wildman–Crippen LogP) is 3.34. The van der Waals surface area contributed by atoms with Crippen LogP contribution in [-0.4, -0.2) is 24.0 Å². The molecule has 0 aliphatic carbocycles. The zero-order valence-electron chi connectivity index (χ0n) is 12.0. The Morgan fingerprint density at radius 2 is 2.05 bits per heavy atom. The summed E-state index contributed by atoms with van der Waals surface area (Å²) < 4.78 is 13.1. The summed E-state index contributed by atoms with van der Waals surface area (Å²) in [6.07, 6.45) is 3.53. The summed E-state index contributed by atoms with van der Waals surface area (Å²) in [4.78, 5) is 2.53. The molecule has 0 radical (unpaired) electrons. The molecule has 3 atom stereocenters. The average Bonchev–Trinajstić information content (AvgIpc) is 2.42. The van der Waals surface area contributed by atoms with Crippen LogP contribution in [0, 0.1) is 11.7 Å². The molecule has 0 spiro atoms. The van der Waals surface area contributed by atoms with Gasteiger partial charge < -0.3 is 5.73 Å². The standard InChI is InChI=1S/C16H25FN2/c1-3-15(13-6-8-14(17)9-7-13)19-10-4-5-12(2)16(19)11-18/h6-9,12,15-16H,3-5,10-11,18H2,1-2H3. The van der Waals surface area contributed by atoms with Crippen LogP contribution in [-0.2, 0) is 0 Å². The number of hydrogen-bond acceptors (Lipinski definition) is 2. The van der Waals surface area contributed by atoms with E-state index in [1.54, 1.807) is 12.1 Å². The number of benzene rings is 1. The third kappa shape index (κ3) is 3.15. The summed E-state index contributed by atoms with van der Waals surface area (Å²) in [5.41, 5.74) is 7.18. The number of nitrogens with zero attached hydrogens (tertiary/aromatic N) is 1. The normalized spacial score (nSPS) is 26.3. The summed E-state index contributed by atoms with van der Waals surface area (Å²) in [5, 5.41) is 0. The molecule has 1 fully saturated rings. The van der Waals surface area contributed by atoms with Crippen molar-refractivity contribution in [3.63, 3.8) is 0 Å². The zero-order chi connectivity index (χ0) is 13.8. The van der Waals surface area contributed by atoms with Crippen LogP contribution in [0.2, 0.25) is 0 Å². The highest BCUT2D eigenvalue weighted by Crippen LogP contribution is 2.33. The molecule has 2 N–H and O–H groups in total. The smallest absolute Gasteiger partial charge is 0.123 e. The maximum atomic E-state index is 13.1. The zero-order valence-corrected chi connectivity index (χ0v) is 12.0. The summed E-state index contributed by atoms with van der Waals surface area (Å²) >= 11 is 0. The Hall–Kier alpha value is -0.930. The monoisotopic (exact) mass is 264 g/mol. The Bertz CT molecular complexity index is 390. The van der Waals surface area contributed by atoms with E-state index in [-0.39, 0.29) is 5.82 Å². The predicted molar refractivity (Wildman–Crippen MR) is 77.4 cm³/mol. The Balaban J connectivity index is 2.22. The van der Waals surface area contributed by atoms with E-state index in [1.165, 1.54) is 18.4 Å². The van der Waals surface area contributed by atoms with Crippen LogP contribution in [0.15, 0.2) is 24.3 Å². The fourth-order valence-electron chi connectivity index (χ4n) is 3.38. The molecule has 1 aromatic rings. The average molecular weight is 264 g/mol. The molecule has 0 amide bonds. The Morgan fingerprint density at radius 3 is 2.63 bits per heavy atom. The van der Waals surface area contributed by atoms with Gasteiger partial charge in [0.25, 0.3) is 0 Å². The topological polar surface area (TPSA) is 29.3 Å². The van der Waals surface area contributed by atoms with Gasteiger partial charge in [0.15, 0.2) is 0 Å². The number of halogens is 1. The van der Waals surface area contributed by atoms with Crippen LogP contribution in [0.3, 0.4) is 0 Å². The van der Waals surface area contributed by atoms with Crippen molar-refractivity contribution >= 4 is 0 Å². The lowest BCUT2D eigenvalue weighted by molar-refractivity contribution is 0.0595. The van der Waals surface area contributed by atoms with E-state index in [1.807, 2.05) is 12.1 Å². The van der Waals surface area contributed by atoms with Crippen molar-refractivity contribution in [1.82, 2.24) is 4.90 Å². The lowest BCUT2D eigenvalue weighted by atomic mass is 9.87. The molecule has 1 aromatic carbocycles. The van der Waals surface area contributed by atoms with Crippen LogP contribution in [0.4, 0.5) is 4.39 Å². The van der Waals surface area contributed by atoms with E-state index in [0.717, 1.165) is 13.0 Å². The lowest BCUT2D eigenvalue weighted by Gasteiger charge is -2.44. The molecule has 0 saturated carbocycles. The van der Waals surface area contributed by atoms with Crippen molar-refractivity contribution in [2.75, 3.05) is 13.1 Å². The fraction of sp³-hybridized carbons (Fsp3) is 0.625. The van der Waals surface area contributed by atoms with E-state index < -0.39 is 0 Å². The first-order valence-corrected chi connectivity index (χ1v) is 7.38. The summed E-state index contributed by atoms with van der Waals surface area (Å²) in [7, 11) is 0. The summed E-state index contributed by atoms with van der Waals surface area (Å²) in [6.45, 7) is 6.29. The van der Waals surface area contributed by atoms with Gasteiger partial charge in [-0.1, -0.05) is 26.0 Å². The minimum Gasteiger partial charge on any atom is -0.329 e. The minimum absolute atomic E-state index is 0.166. The van der Waals surface area contributed by atoms with E-state index >= 15 is 0 Å². The highest BCUT2D eigenvalue weighted by atomic mass is 19.1. The summed E-state index contributed by atoms with van der Waals surface area (Å²) in [6, 6.07) is 7.75. The second kappa shape index (κ2) is 6.49. The first-order valence-electron chi connectivity index (χ1n) is 7.38. The maximum Gasteiger partial charge on any atom is 0.123 e. The van der Waals surface area contributed by atoms with Crippen LogP contribution in [0.25, 0.3) is 0 Å². The highest BCUT2D eigenvalue weighted by molar-refractivity contribution is 5.20. The molecule has 1 aliphatic heterocycles. The van der Waals surface area contributed by atoms with Crippen molar-refractivity contribution in [1.29, 1.82) is 0 Å². The number of rotatable bonds is 4. The molecule has 1 heterocycles. The van der Waals surface area contributed by atoms with Crippen molar-refractivity contribution in [3.05, 3.63) is 35.6 Å². The van der Waals surface area contributed by atoms with Gasteiger partial charge in [0, 0.05) is 18.6 Å².